The van der Waals surface area contributed by atoms with Gasteiger partial charge in [-0.25, -0.2) is 18.7 Å². The Bertz CT molecular complexity index is 2100. The molecular weight excluding hydrogens is 598 g/mol. The number of carbonyl (C=O) groups excluding carboxylic acids is 1. The number of hydrogen-bond acceptors (Lipinski definition) is 7. The number of hydrogen-bond donors (Lipinski definition) is 0. The molecular formula is C33H28F2N6O3S. The normalized spacial score (nSPS) is 14.7. The largest absolute Gasteiger partial charge is 0.490 e. The van der Waals surface area contributed by atoms with Gasteiger partial charge in [0.05, 0.1) is 36.1 Å². The van der Waals surface area contributed by atoms with E-state index in [0.29, 0.717) is 35.7 Å². The van der Waals surface area contributed by atoms with Crippen molar-refractivity contribution in [2.75, 3.05) is 26.9 Å². The predicted octanol–water partition coefficient (Wildman–Crippen LogP) is 6.53. The lowest BCUT2D eigenvalue weighted by atomic mass is 9.96. The summed E-state index contributed by atoms with van der Waals surface area (Å²) in [6, 6.07) is 9.47. The molecule has 6 aromatic rings. The molecule has 12 heteroatoms. The van der Waals surface area contributed by atoms with Crippen LogP contribution in [0.25, 0.3) is 49.5 Å². The lowest BCUT2D eigenvalue weighted by Crippen LogP contribution is -2.40. The molecule has 228 valence electrons. The highest BCUT2D eigenvalue weighted by Crippen LogP contribution is 2.47. The van der Waals surface area contributed by atoms with E-state index in [-0.39, 0.29) is 36.5 Å². The number of thiophene rings is 1. The third-order valence-corrected chi connectivity index (χ3v) is 8.98. The van der Waals surface area contributed by atoms with Gasteiger partial charge in [-0.3, -0.25) is 9.48 Å². The summed E-state index contributed by atoms with van der Waals surface area (Å²) >= 11 is 1.42. The van der Waals surface area contributed by atoms with Crippen LogP contribution in [0.5, 0.6) is 5.75 Å². The van der Waals surface area contributed by atoms with Crippen molar-refractivity contribution in [1.29, 1.82) is 0 Å². The molecule has 1 aliphatic rings. The highest BCUT2D eigenvalue weighted by Gasteiger charge is 2.31. The first-order chi connectivity index (χ1) is 21.9. The van der Waals surface area contributed by atoms with Crippen LogP contribution < -0.4 is 4.74 Å². The molecule has 0 aliphatic carbocycles. The van der Waals surface area contributed by atoms with Gasteiger partial charge in [-0.1, -0.05) is 6.58 Å². The van der Waals surface area contributed by atoms with Crippen LogP contribution in [0.4, 0.5) is 8.78 Å². The molecule has 7 rings (SSSR count). The van der Waals surface area contributed by atoms with Crippen LogP contribution in [0.1, 0.15) is 18.7 Å². The monoisotopic (exact) mass is 626 g/mol. The Labute approximate surface area is 261 Å². The molecule has 0 N–H and O–H groups in total. The number of fused-ring (bicyclic) bond motifs is 3. The lowest BCUT2D eigenvalue weighted by Gasteiger charge is -2.33. The first kappa shape index (κ1) is 28.8. The molecule has 9 nitrogen and oxygen atoms in total. The minimum Gasteiger partial charge on any atom is -0.490 e. The highest BCUT2D eigenvalue weighted by atomic mass is 32.1. The van der Waals surface area contributed by atoms with Gasteiger partial charge in [0.1, 0.15) is 41.0 Å². The first-order valence-corrected chi connectivity index (χ1v) is 15.2. The average molecular weight is 627 g/mol. The minimum absolute atomic E-state index is 0.0361. The molecule has 0 saturated heterocycles. The standard InChI is InChI=1S/C33H28F2N6O3S/c1-4-28(42)40-10-11-41-25(19(40)2)18-24(38-41)32-30(29-23(35)16-21(34)17-26(29)44-13-12-43-3)33-22(6-14-45-33)31(37-32)20-5-8-39-9-7-36-27(39)15-20/h4-9,14-19H,1,10-13H2,2-3H3. The van der Waals surface area contributed by atoms with Crippen LogP contribution in [0.15, 0.2) is 73.0 Å². The van der Waals surface area contributed by atoms with E-state index in [0.717, 1.165) is 33.1 Å². The van der Waals surface area contributed by atoms with Crippen LogP contribution in [0.3, 0.4) is 0 Å². The Kier molecular flexibility index (Phi) is 7.38. The van der Waals surface area contributed by atoms with Crippen molar-refractivity contribution in [3.63, 3.8) is 0 Å². The Morgan fingerprint density at radius 3 is 2.80 bits per heavy atom. The van der Waals surface area contributed by atoms with Crippen molar-refractivity contribution in [1.82, 2.24) is 29.0 Å². The zero-order valence-corrected chi connectivity index (χ0v) is 25.4. The molecule has 6 heterocycles. The summed E-state index contributed by atoms with van der Waals surface area (Å²) < 4.78 is 46.1. The Balaban J connectivity index is 1.50. The van der Waals surface area contributed by atoms with Crippen LogP contribution in [0.2, 0.25) is 0 Å². The third-order valence-electron chi connectivity index (χ3n) is 8.05. The summed E-state index contributed by atoms with van der Waals surface area (Å²) in [5.41, 5.74) is 4.47. The van der Waals surface area contributed by atoms with Gasteiger partial charge in [-0.15, -0.1) is 11.3 Å². The molecule has 1 atom stereocenters. The van der Waals surface area contributed by atoms with Crippen molar-refractivity contribution in [3.05, 3.63) is 90.4 Å². The molecule has 0 saturated carbocycles. The molecule has 45 heavy (non-hydrogen) atoms. The zero-order chi connectivity index (χ0) is 31.2. The van der Waals surface area contributed by atoms with E-state index in [1.54, 1.807) is 11.1 Å². The molecule has 0 radical (unpaired) electrons. The fourth-order valence-electron chi connectivity index (χ4n) is 5.90. The number of aromatic nitrogens is 5. The van der Waals surface area contributed by atoms with Crippen LogP contribution >= 0.6 is 11.3 Å². The topological polar surface area (TPSA) is 86.8 Å². The van der Waals surface area contributed by atoms with E-state index >= 15 is 4.39 Å². The molecule has 0 fully saturated rings. The van der Waals surface area contributed by atoms with Gasteiger partial charge in [0.15, 0.2) is 0 Å². The number of halogens is 2. The Hall–Kier alpha value is -4.94. The van der Waals surface area contributed by atoms with Crippen molar-refractivity contribution in [3.8, 4) is 39.5 Å². The summed E-state index contributed by atoms with van der Waals surface area (Å²) in [4.78, 5) is 23.9. The second kappa shape index (κ2) is 11.5. The molecule has 1 aliphatic heterocycles. The van der Waals surface area contributed by atoms with E-state index < -0.39 is 11.6 Å². The van der Waals surface area contributed by atoms with Gasteiger partial charge < -0.3 is 18.8 Å². The number of rotatable bonds is 8. The SMILES string of the molecule is C=CC(=O)N1CCn2nc(-c3nc(-c4ccn5ccnc5c4)c4ccsc4c3-c3c(F)cc(F)cc3OCCOC)cc2C1C. The number of ether oxygens (including phenoxy) is 2. The fraction of sp³-hybridized carbons (Fsp3) is 0.212. The molecule has 0 spiro atoms. The van der Waals surface area contributed by atoms with Gasteiger partial charge in [-0.2, -0.15) is 5.10 Å². The third kappa shape index (κ3) is 4.95. The molecule has 5 aromatic heterocycles. The summed E-state index contributed by atoms with van der Waals surface area (Å²) in [7, 11) is 1.53. The van der Waals surface area contributed by atoms with E-state index in [1.807, 2.05) is 58.0 Å². The van der Waals surface area contributed by atoms with E-state index in [9.17, 15) is 9.18 Å². The summed E-state index contributed by atoms with van der Waals surface area (Å²) in [5.74, 6) is -1.68. The molecule has 1 unspecified atom stereocenters. The molecule has 1 amide bonds. The highest BCUT2D eigenvalue weighted by molar-refractivity contribution is 7.18. The molecule has 0 bridgehead atoms. The van der Waals surface area contributed by atoms with E-state index in [4.69, 9.17) is 19.6 Å². The maximum Gasteiger partial charge on any atom is 0.246 e. The quantitative estimate of drug-likeness (QED) is 0.141. The van der Waals surface area contributed by atoms with Crippen molar-refractivity contribution < 1.29 is 23.0 Å². The second-order valence-corrected chi connectivity index (χ2v) is 11.6. The Morgan fingerprint density at radius 1 is 1.11 bits per heavy atom. The van der Waals surface area contributed by atoms with Gasteiger partial charge >= 0.3 is 0 Å². The Morgan fingerprint density at radius 2 is 1.98 bits per heavy atom. The van der Waals surface area contributed by atoms with Gasteiger partial charge in [0.2, 0.25) is 5.91 Å². The van der Waals surface area contributed by atoms with Crippen LogP contribution in [-0.4, -0.2) is 61.8 Å². The summed E-state index contributed by atoms with van der Waals surface area (Å²) in [6.45, 7) is 6.83. The van der Waals surface area contributed by atoms with E-state index in [2.05, 4.69) is 11.6 Å². The van der Waals surface area contributed by atoms with Crippen LogP contribution in [0, 0.1) is 11.6 Å². The van der Waals surface area contributed by atoms with Gasteiger partial charge in [0, 0.05) is 65.6 Å². The van der Waals surface area contributed by atoms with Crippen molar-refractivity contribution >= 4 is 33.0 Å². The summed E-state index contributed by atoms with van der Waals surface area (Å²) in [5, 5.41) is 7.63. The number of nitrogens with zero attached hydrogens (tertiary/aromatic N) is 6. The number of imidazole rings is 1. The van der Waals surface area contributed by atoms with Gasteiger partial charge in [-0.05, 0) is 42.6 Å². The fourth-order valence-corrected chi connectivity index (χ4v) is 6.85. The number of benzene rings is 1. The molecule has 1 aromatic carbocycles. The van der Waals surface area contributed by atoms with Gasteiger partial charge in [0.25, 0.3) is 0 Å². The number of carbonyl (C=O) groups is 1. The summed E-state index contributed by atoms with van der Waals surface area (Å²) in [6.07, 6.45) is 6.80. The number of methoxy groups -OCH3 is 1. The maximum atomic E-state index is 16.0. The van der Waals surface area contributed by atoms with Crippen molar-refractivity contribution in [2.24, 2.45) is 0 Å². The first-order valence-electron chi connectivity index (χ1n) is 14.3. The second-order valence-electron chi connectivity index (χ2n) is 10.6. The predicted molar refractivity (Wildman–Crippen MR) is 168 cm³/mol. The smallest absolute Gasteiger partial charge is 0.246 e. The number of amides is 1. The van der Waals surface area contributed by atoms with E-state index in [1.165, 1.54) is 30.6 Å². The van der Waals surface area contributed by atoms with Crippen LogP contribution in [-0.2, 0) is 16.1 Å². The maximum absolute atomic E-state index is 16.0. The van der Waals surface area contributed by atoms with Crippen molar-refractivity contribution in [2.45, 2.75) is 19.5 Å². The average Bonchev–Trinajstić information content (AvgIpc) is 3.80. The number of pyridine rings is 2. The minimum atomic E-state index is -0.785. The zero-order valence-electron chi connectivity index (χ0n) is 24.5. The lowest BCUT2D eigenvalue weighted by molar-refractivity contribution is -0.129.